The lowest BCUT2D eigenvalue weighted by Gasteiger charge is -2.20. The maximum atomic E-state index is 11.8. The maximum Gasteiger partial charge on any atom is 0.303 e. The van der Waals surface area contributed by atoms with Crippen LogP contribution in [0.4, 0.5) is 0 Å². The van der Waals surface area contributed by atoms with Gasteiger partial charge in [0.2, 0.25) is 23.6 Å². The van der Waals surface area contributed by atoms with Gasteiger partial charge < -0.3 is 5.11 Å². The van der Waals surface area contributed by atoms with E-state index in [9.17, 15) is 24.0 Å². The van der Waals surface area contributed by atoms with E-state index in [-0.39, 0.29) is 48.1 Å². The molecule has 8 nitrogen and oxygen atoms in total. The smallest absolute Gasteiger partial charge is 0.303 e. The zero-order valence-electron chi connectivity index (χ0n) is 15.8. The van der Waals surface area contributed by atoms with Crippen LogP contribution in [0.3, 0.4) is 0 Å². The number of amides is 4. The molecular weight excluding hydrogens is 404 g/mol. The molecule has 0 aromatic carbocycles. The first-order valence-electron chi connectivity index (χ1n) is 9.46. The molecule has 0 aliphatic carbocycles. The lowest BCUT2D eigenvalue weighted by atomic mass is 10.1. The first-order chi connectivity index (χ1) is 13.4. The summed E-state index contributed by atoms with van der Waals surface area (Å²) >= 11 is 3.06. The predicted molar refractivity (Wildman–Crippen MR) is 106 cm³/mol. The van der Waals surface area contributed by atoms with Gasteiger partial charge in [0.05, 0.1) is 11.8 Å². The number of carbonyl (C=O) groups is 5. The van der Waals surface area contributed by atoms with Gasteiger partial charge >= 0.3 is 5.97 Å². The molecular formula is C18H26N2O6S2. The van der Waals surface area contributed by atoms with E-state index in [1.165, 1.54) is 21.6 Å². The van der Waals surface area contributed by atoms with Crippen LogP contribution in [-0.4, -0.2) is 67.3 Å². The van der Waals surface area contributed by atoms with Crippen molar-refractivity contribution >= 4 is 53.1 Å². The summed E-state index contributed by atoms with van der Waals surface area (Å²) in [5.74, 6) is 0.103. The van der Waals surface area contributed by atoms with E-state index in [2.05, 4.69) is 0 Å². The number of carboxylic acids is 1. The minimum atomic E-state index is -0.812. The Balaban J connectivity index is 1.75. The third kappa shape index (κ3) is 7.12. The molecule has 1 unspecified atom stereocenters. The van der Waals surface area contributed by atoms with Crippen LogP contribution in [0.1, 0.15) is 57.8 Å². The SMILES string of the molecule is O=C(O)CCCCC(CCSCN1C(=O)CCC1=O)SCN1C(=O)CCC1=O. The predicted octanol–water partition coefficient (Wildman–Crippen LogP) is 2.07. The lowest BCUT2D eigenvalue weighted by Crippen LogP contribution is -2.30. The highest BCUT2D eigenvalue weighted by Crippen LogP contribution is 2.26. The van der Waals surface area contributed by atoms with Crippen LogP contribution < -0.4 is 0 Å². The van der Waals surface area contributed by atoms with Gasteiger partial charge in [0.25, 0.3) is 0 Å². The second-order valence-electron chi connectivity index (χ2n) is 6.81. The third-order valence-electron chi connectivity index (χ3n) is 4.72. The molecule has 2 aliphatic rings. The highest BCUT2D eigenvalue weighted by Gasteiger charge is 2.30. The third-order valence-corrected chi connectivity index (χ3v) is 7.04. The first-order valence-corrected chi connectivity index (χ1v) is 11.7. The van der Waals surface area contributed by atoms with E-state index < -0.39 is 5.97 Å². The van der Waals surface area contributed by atoms with Crippen molar-refractivity contribution in [3.8, 4) is 0 Å². The van der Waals surface area contributed by atoms with Crippen molar-refractivity contribution in [3.63, 3.8) is 0 Å². The Morgan fingerprint density at radius 3 is 1.93 bits per heavy atom. The highest BCUT2D eigenvalue weighted by atomic mass is 32.2. The van der Waals surface area contributed by atoms with Crippen LogP contribution >= 0.6 is 23.5 Å². The van der Waals surface area contributed by atoms with Gasteiger partial charge in [-0.15, -0.1) is 23.5 Å². The molecule has 0 radical (unpaired) electrons. The minimum Gasteiger partial charge on any atom is -0.481 e. The van der Waals surface area contributed by atoms with Gasteiger partial charge in [0, 0.05) is 37.4 Å². The van der Waals surface area contributed by atoms with Crippen molar-refractivity contribution < 1.29 is 29.1 Å². The molecule has 2 fully saturated rings. The fourth-order valence-electron chi connectivity index (χ4n) is 3.04. The van der Waals surface area contributed by atoms with Crippen molar-refractivity contribution in [2.75, 3.05) is 17.5 Å². The van der Waals surface area contributed by atoms with Crippen LogP contribution in [0.25, 0.3) is 0 Å². The zero-order valence-corrected chi connectivity index (χ0v) is 17.4. The average Bonchev–Trinajstić information content (AvgIpc) is 3.14. The molecule has 0 aromatic rings. The Hall–Kier alpha value is -1.55. The topological polar surface area (TPSA) is 112 Å². The molecule has 2 aliphatic heterocycles. The van der Waals surface area contributed by atoms with Crippen molar-refractivity contribution in [2.45, 2.75) is 63.0 Å². The van der Waals surface area contributed by atoms with Gasteiger partial charge in [0.1, 0.15) is 0 Å². The van der Waals surface area contributed by atoms with Crippen LogP contribution in [0.2, 0.25) is 0 Å². The number of imide groups is 2. The minimum absolute atomic E-state index is 0.122. The van der Waals surface area contributed by atoms with Crippen molar-refractivity contribution in [1.82, 2.24) is 9.80 Å². The van der Waals surface area contributed by atoms with E-state index in [0.717, 1.165) is 25.0 Å². The largest absolute Gasteiger partial charge is 0.481 e. The summed E-state index contributed by atoms with van der Waals surface area (Å²) in [7, 11) is 0. The Labute approximate surface area is 172 Å². The monoisotopic (exact) mass is 430 g/mol. The van der Waals surface area contributed by atoms with Crippen LogP contribution in [0.5, 0.6) is 0 Å². The second kappa shape index (κ2) is 11.5. The lowest BCUT2D eigenvalue weighted by molar-refractivity contribution is -0.138. The van der Waals surface area contributed by atoms with Crippen LogP contribution in [0.15, 0.2) is 0 Å². The summed E-state index contributed by atoms with van der Waals surface area (Å²) in [4.78, 5) is 60.0. The molecule has 4 amide bonds. The number of carboxylic acid groups (broad SMARTS) is 1. The summed E-state index contributed by atoms with van der Waals surface area (Å²) in [6, 6.07) is 0. The second-order valence-corrected chi connectivity index (χ2v) is 9.15. The van der Waals surface area contributed by atoms with E-state index in [1.807, 2.05) is 0 Å². The van der Waals surface area contributed by atoms with Crippen molar-refractivity contribution in [1.29, 1.82) is 0 Å². The number of nitrogens with zero attached hydrogens (tertiary/aromatic N) is 2. The summed E-state index contributed by atoms with van der Waals surface area (Å²) in [6.45, 7) is 0. The summed E-state index contributed by atoms with van der Waals surface area (Å²) in [6.07, 6.45) is 4.22. The van der Waals surface area contributed by atoms with Gasteiger partial charge in [-0.1, -0.05) is 6.42 Å². The van der Waals surface area contributed by atoms with Gasteiger partial charge in [-0.25, -0.2) is 0 Å². The molecule has 0 aromatic heterocycles. The fraction of sp³-hybridized carbons (Fsp3) is 0.722. The van der Waals surface area contributed by atoms with Gasteiger partial charge in [0.15, 0.2) is 0 Å². The fourth-order valence-corrected chi connectivity index (χ4v) is 5.51. The molecule has 0 saturated carbocycles. The highest BCUT2D eigenvalue weighted by molar-refractivity contribution is 8.00. The number of carbonyl (C=O) groups excluding carboxylic acids is 4. The number of thioether (sulfide) groups is 2. The molecule has 2 heterocycles. The Morgan fingerprint density at radius 1 is 0.857 bits per heavy atom. The van der Waals surface area contributed by atoms with Gasteiger partial charge in [-0.2, -0.15) is 0 Å². The number of hydrogen-bond donors (Lipinski definition) is 1. The Morgan fingerprint density at radius 2 is 1.39 bits per heavy atom. The molecule has 156 valence electrons. The van der Waals surface area contributed by atoms with E-state index >= 15 is 0 Å². The van der Waals surface area contributed by atoms with E-state index in [1.54, 1.807) is 11.8 Å². The quantitative estimate of drug-likeness (QED) is 0.349. The molecule has 0 spiro atoms. The number of rotatable bonds is 13. The first kappa shape index (κ1) is 22.7. The molecule has 2 saturated heterocycles. The normalized spacial score (nSPS) is 18.4. The molecule has 10 heteroatoms. The van der Waals surface area contributed by atoms with Gasteiger partial charge in [-0.05, 0) is 25.0 Å². The van der Waals surface area contributed by atoms with E-state index in [4.69, 9.17) is 5.11 Å². The van der Waals surface area contributed by atoms with Crippen LogP contribution in [0, 0.1) is 0 Å². The zero-order chi connectivity index (χ0) is 20.5. The van der Waals surface area contributed by atoms with Gasteiger partial charge in [-0.3, -0.25) is 33.8 Å². The summed E-state index contributed by atoms with van der Waals surface area (Å²) < 4.78 is 0. The summed E-state index contributed by atoms with van der Waals surface area (Å²) in [5.41, 5.74) is 0. The number of likely N-dealkylation sites (tertiary alicyclic amines) is 2. The standard InChI is InChI=1S/C18H26N2O6S2/c21-14-5-6-15(22)19(14)11-27-10-9-13(3-1-2-4-18(25)26)28-12-20-16(23)7-8-17(20)24/h13H,1-12H2,(H,25,26). The van der Waals surface area contributed by atoms with Crippen molar-refractivity contribution in [3.05, 3.63) is 0 Å². The maximum absolute atomic E-state index is 11.8. The molecule has 0 bridgehead atoms. The van der Waals surface area contributed by atoms with Crippen LogP contribution in [-0.2, 0) is 24.0 Å². The average molecular weight is 431 g/mol. The molecule has 28 heavy (non-hydrogen) atoms. The summed E-state index contributed by atoms with van der Waals surface area (Å²) in [5, 5.41) is 8.94. The van der Waals surface area contributed by atoms with Crippen molar-refractivity contribution in [2.24, 2.45) is 0 Å². The number of unbranched alkanes of at least 4 members (excludes halogenated alkanes) is 1. The Bertz CT molecular complexity index is 595. The molecule has 1 N–H and O–H groups in total. The molecule has 1 atom stereocenters. The van der Waals surface area contributed by atoms with E-state index in [0.29, 0.717) is 31.0 Å². The number of aliphatic carboxylic acids is 1. The number of hydrogen-bond acceptors (Lipinski definition) is 7. The molecule has 2 rings (SSSR count). The Kier molecular flexibility index (Phi) is 9.30.